The fraction of sp³-hybridized carbons (Fsp3) is 1.00. The van der Waals surface area contributed by atoms with Crippen molar-refractivity contribution in [3.05, 3.63) is 0 Å². The summed E-state index contributed by atoms with van der Waals surface area (Å²) < 4.78 is 23.3. The van der Waals surface area contributed by atoms with Gasteiger partial charge in [-0.05, 0) is 44.7 Å². The molecule has 2 fully saturated rings. The Balaban J connectivity index is 2.25. The van der Waals surface area contributed by atoms with Crippen LogP contribution < -0.4 is 5.14 Å². The molecule has 1 saturated heterocycles. The normalized spacial score (nSPS) is 37.0. The second-order valence-electron chi connectivity index (χ2n) is 5.08. The van der Waals surface area contributed by atoms with E-state index in [0.29, 0.717) is 5.92 Å². The summed E-state index contributed by atoms with van der Waals surface area (Å²) >= 11 is 0. The van der Waals surface area contributed by atoms with E-state index in [4.69, 9.17) is 5.14 Å². The fourth-order valence-corrected chi connectivity index (χ4v) is 4.79. The summed E-state index contributed by atoms with van der Waals surface area (Å²) in [6.07, 6.45) is 5.31. The van der Waals surface area contributed by atoms with Crippen molar-refractivity contribution in [3.63, 3.8) is 0 Å². The molecule has 0 spiro atoms. The first-order valence-corrected chi connectivity index (χ1v) is 7.90. The summed E-state index contributed by atoms with van der Waals surface area (Å²) in [5.41, 5.74) is 0. The van der Waals surface area contributed by atoms with E-state index in [1.165, 1.54) is 19.3 Å². The van der Waals surface area contributed by atoms with Gasteiger partial charge in [-0.3, -0.25) is 4.90 Å². The van der Waals surface area contributed by atoms with Crippen molar-refractivity contribution in [3.8, 4) is 0 Å². The Labute approximate surface area is 98.2 Å². The van der Waals surface area contributed by atoms with Gasteiger partial charge in [-0.2, -0.15) is 0 Å². The van der Waals surface area contributed by atoms with Crippen LogP contribution in [0.4, 0.5) is 0 Å². The molecule has 0 unspecified atom stereocenters. The summed E-state index contributed by atoms with van der Waals surface area (Å²) in [4.78, 5) is 2.32. The Morgan fingerprint density at radius 1 is 1.25 bits per heavy atom. The summed E-state index contributed by atoms with van der Waals surface area (Å²) in [5.74, 6) is 0.547. The first-order chi connectivity index (χ1) is 7.54. The van der Waals surface area contributed by atoms with E-state index in [-0.39, 0.29) is 11.3 Å². The molecule has 0 radical (unpaired) electrons. The molecule has 2 aliphatic rings. The number of sulfonamides is 1. The van der Waals surface area contributed by atoms with Crippen molar-refractivity contribution in [1.82, 2.24) is 4.90 Å². The highest BCUT2D eigenvalue weighted by molar-refractivity contribution is 7.89. The first kappa shape index (κ1) is 12.3. The molecule has 0 aromatic rings. The van der Waals surface area contributed by atoms with Crippen LogP contribution in [-0.4, -0.2) is 37.7 Å². The predicted molar refractivity (Wildman–Crippen MR) is 64.5 cm³/mol. The van der Waals surface area contributed by atoms with Gasteiger partial charge in [0.1, 0.15) is 0 Å². The number of rotatable bonds is 2. The molecule has 1 aliphatic heterocycles. The predicted octanol–water partition coefficient (Wildman–Crippen LogP) is 0.928. The van der Waals surface area contributed by atoms with E-state index in [1.54, 1.807) is 0 Å². The zero-order valence-corrected chi connectivity index (χ0v) is 10.7. The lowest BCUT2D eigenvalue weighted by Crippen LogP contribution is -2.57. The maximum absolute atomic E-state index is 11.7. The summed E-state index contributed by atoms with van der Waals surface area (Å²) in [6, 6.07) is 0.183. The van der Waals surface area contributed by atoms with Gasteiger partial charge >= 0.3 is 0 Å². The monoisotopic (exact) mass is 246 g/mol. The van der Waals surface area contributed by atoms with Crippen molar-refractivity contribution >= 4 is 10.0 Å². The molecule has 0 amide bonds. The van der Waals surface area contributed by atoms with Gasteiger partial charge in [-0.1, -0.05) is 13.3 Å². The Morgan fingerprint density at radius 2 is 1.94 bits per heavy atom. The third-order valence-corrected chi connectivity index (χ3v) is 5.56. The van der Waals surface area contributed by atoms with Crippen LogP contribution in [-0.2, 0) is 10.0 Å². The molecule has 0 bridgehead atoms. The van der Waals surface area contributed by atoms with Crippen LogP contribution in [0.2, 0.25) is 0 Å². The van der Waals surface area contributed by atoms with E-state index in [1.807, 2.05) is 0 Å². The third kappa shape index (κ3) is 2.26. The average molecular weight is 246 g/mol. The van der Waals surface area contributed by atoms with Gasteiger partial charge < -0.3 is 0 Å². The standard InChI is InChI=1S/C11H22N2O2S/c1-2-13-8-4-6-9-5-3-7-10(11(9)13)16(12,14)15/h9-11H,2-8H2,1H3,(H2,12,14,15)/t9-,10-,11-/m1/s1. The van der Waals surface area contributed by atoms with Crippen LogP contribution >= 0.6 is 0 Å². The van der Waals surface area contributed by atoms with Crippen LogP contribution in [0, 0.1) is 5.92 Å². The first-order valence-electron chi connectivity index (χ1n) is 6.29. The highest BCUT2D eigenvalue weighted by atomic mass is 32.2. The summed E-state index contributed by atoms with van der Waals surface area (Å²) in [7, 11) is -3.38. The van der Waals surface area contributed by atoms with Crippen LogP contribution in [0.25, 0.3) is 0 Å². The topological polar surface area (TPSA) is 63.4 Å². The van der Waals surface area contributed by atoms with Gasteiger partial charge in [-0.25, -0.2) is 13.6 Å². The number of nitrogens with two attached hydrogens (primary N) is 1. The lowest BCUT2D eigenvalue weighted by Gasteiger charge is -2.47. The van der Waals surface area contributed by atoms with E-state index in [9.17, 15) is 8.42 Å². The Kier molecular flexibility index (Phi) is 3.56. The molecule has 5 heteroatoms. The van der Waals surface area contributed by atoms with Crippen molar-refractivity contribution in [2.45, 2.75) is 50.3 Å². The minimum Gasteiger partial charge on any atom is -0.299 e. The molecule has 3 atom stereocenters. The van der Waals surface area contributed by atoms with Crippen LogP contribution in [0.15, 0.2) is 0 Å². The number of hydrogen-bond acceptors (Lipinski definition) is 3. The van der Waals surface area contributed by atoms with E-state index in [0.717, 1.165) is 25.9 Å². The summed E-state index contributed by atoms with van der Waals surface area (Å²) in [5, 5.41) is 5.05. The molecule has 2 rings (SSSR count). The second-order valence-corrected chi connectivity index (χ2v) is 6.86. The van der Waals surface area contributed by atoms with Gasteiger partial charge in [0, 0.05) is 6.04 Å². The number of primary sulfonamides is 1. The minimum absolute atomic E-state index is 0.183. The smallest absolute Gasteiger partial charge is 0.213 e. The number of fused-ring (bicyclic) bond motifs is 1. The fourth-order valence-electron chi connectivity index (χ4n) is 3.51. The Hall–Kier alpha value is -0.130. The third-order valence-electron chi connectivity index (χ3n) is 4.20. The highest BCUT2D eigenvalue weighted by Crippen LogP contribution is 2.37. The SMILES string of the molecule is CCN1CCC[C@H]2CCC[C@@H](S(N)(=O)=O)[C@@H]21. The zero-order valence-electron chi connectivity index (χ0n) is 9.93. The van der Waals surface area contributed by atoms with Crippen LogP contribution in [0.3, 0.4) is 0 Å². The molecule has 1 heterocycles. The molecule has 0 aromatic heterocycles. The molecule has 1 aliphatic carbocycles. The minimum atomic E-state index is -3.38. The molecular weight excluding hydrogens is 224 g/mol. The Morgan fingerprint density at radius 3 is 2.56 bits per heavy atom. The van der Waals surface area contributed by atoms with Gasteiger partial charge in [0.2, 0.25) is 10.0 Å². The summed E-state index contributed by atoms with van der Waals surface area (Å²) in [6.45, 7) is 4.08. The average Bonchev–Trinajstić information content (AvgIpc) is 2.26. The quantitative estimate of drug-likeness (QED) is 0.788. The van der Waals surface area contributed by atoms with Crippen molar-refractivity contribution in [2.24, 2.45) is 11.1 Å². The number of nitrogens with zero attached hydrogens (tertiary/aromatic N) is 1. The zero-order chi connectivity index (χ0) is 11.8. The van der Waals surface area contributed by atoms with E-state index in [2.05, 4.69) is 11.8 Å². The van der Waals surface area contributed by atoms with Gasteiger partial charge in [-0.15, -0.1) is 0 Å². The molecule has 1 saturated carbocycles. The maximum atomic E-state index is 11.7. The van der Waals surface area contributed by atoms with Crippen molar-refractivity contribution in [1.29, 1.82) is 0 Å². The Bertz CT molecular complexity index is 333. The number of piperidine rings is 1. The van der Waals surface area contributed by atoms with Gasteiger partial charge in [0.05, 0.1) is 5.25 Å². The van der Waals surface area contributed by atoms with Gasteiger partial charge in [0.25, 0.3) is 0 Å². The highest BCUT2D eigenvalue weighted by Gasteiger charge is 2.43. The van der Waals surface area contributed by atoms with E-state index < -0.39 is 10.0 Å². The molecule has 2 N–H and O–H groups in total. The molecule has 0 aromatic carbocycles. The number of hydrogen-bond donors (Lipinski definition) is 1. The van der Waals surface area contributed by atoms with Crippen LogP contribution in [0.5, 0.6) is 0 Å². The lowest BCUT2D eigenvalue weighted by atomic mass is 9.78. The van der Waals surface area contributed by atoms with Gasteiger partial charge in [0.15, 0.2) is 0 Å². The largest absolute Gasteiger partial charge is 0.299 e. The lowest BCUT2D eigenvalue weighted by molar-refractivity contribution is 0.0683. The molecule has 94 valence electrons. The second kappa shape index (κ2) is 4.63. The van der Waals surface area contributed by atoms with Crippen LogP contribution in [0.1, 0.15) is 39.0 Å². The molecule has 16 heavy (non-hydrogen) atoms. The molecular formula is C11H22N2O2S. The molecule has 4 nitrogen and oxygen atoms in total. The van der Waals surface area contributed by atoms with E-state index >= 15 is 0 Å². The van der Waals surface area contributed by atoms with Crippen molar-refractivity contribution in [2.75, 3.05) is 13.1 Å². The maximum Gasteiger partial charge on any atom is 0.213 e. The van der Waals surface area contributed by atoms with Crippen molar-refractivity contribution < 1.29 is 8.42 Å². The number of likely N-dealkylation sites (tertiary alicyclic amines) is 1.